The molecule has 1 heterocycles. The van der Waals surface area contributed by atoms with Gasteiger partial charge in [0, 0.05) is 30.9 Å². The summed E-state index contributed by atoms with van der Waals surface area (Å²) >= 11 is 1.52. The highest BCUT2D eigenvalue weighted by molar-refractivity contribution is 7.99. The summed E-state index contributed by atoms with van der Waals surface area (Å²) in [5, 5.41) is 13.5. The monoisotopic (exact) mass is 286 g/mol. The number of nitriles is 1. The number of nitrogens with one attached hydrogen (secondary N) is 1. The maximum absolute atomic E-state index is 9.30. The summed E-state index contributed by atoms with van der Waals surface area (Å²) in [5.41, 5.74) is 1.84. The topological polar surface area (TPSA) is 53.6 Å². The predicted molar refractivity (Wildman–Crippen MR) is 80.5 cm³/mol. The molecule has 1 aromatic heterocycles. The van der Waals surface area contributed by atoms with E-state index in [4.69, 9.17) is 0 Å². The third kappa shape index (κ3) is 3.62. The highest BCUT2D eigenvalue weighted by Crippen LogP contribution is 2.29. The largest absolute Gasteiger partial charge is 0.329 e. The first-order chi connectivity index (χ1) is 9.74. The van der Waals surface area contributed by atoms with Gasteiger partial charge in [-0.2, -0.15) is 5.26 Å². The molecule has 0 aliphatic heterocycles. The molecule has 0 radical (unpaired) electrons. The minimum Gasteiger partial charge on any atom is -0.329 e. The van der Waals surface area contributed by atoms with Crippen LogP contribution in [0.1, 0.15) is 24.5 Å². The molecule has 0 amide bonds. The van der Waals surface area contributed by atoms with Crippen LogP contribution in [0.3, 0.4) is 0 Å². The minimum absolute atomic E-state index is 0.703. The highest BCUT2D eigenvalue weighted by Gasteiger charge is 2.08. The first-order valence-corrected chi connectivity index (χ1v) is 7.45. The number of hydrogen-bond donors (Lipinski definition) is 1. The van der Waals surface area contributed by atoms with Crippen molar-refractivity contribution < 1.29 is 0 Å². The summed E-state index contributed by atoms with van der Waals surface area (Å²) in [6.07, 6.45) is 4.77. The van der Waals surface area contributed by atoms with Crippen molar-refractivity contribution in [2.45, 2.75) is 29.9 Å². The van der Waals surface area contributed by atoms with Gasteiger partial charge in [0.2, 0.25) is 0 Å². The second kappa shape index (κ2) is 7.13. The number of rotatable bonds is 6. The van der Waals surface area contributed by atoms with E-state index in [0.29, 0.717) is 5.56 Å². The Morgan fingerprint density at radius 2 is 2.30 bits per heavy atom. The Balaban J connectivity index is 2.14. The van der Waals surface area contributed by atoms with Crippen LogP contribution >= 0.6 is 11.8 Å². The zero-order valence-corrected chi connectivity index (χ0v) is 12.6. The zero-order chi connectivity index (χ0) is 14.4. The van der Waals surface area contributed by atoms with Crippen molar-refractivity contribution in [1.82, 2.24) is 14.9 Å². The molecule has 0 atom stereocenters. The molecule has 0 saturated heterocycles. The molecule has 5 heteroatoms. The molecule has 0 spiro atoms. The summed E-state index contributed by atoms with van der Waals surface area (Å²) in [5.74, 6) is 0. The third-order valence-corrected chi connectivity index (χ3v) is 4.05. The van der Waals surface area contributed by atoms with Crippen LogP contribution in [-0.2, 0) is 13.6 Å². The van der Waals surface area contributed by atoms with E-state index in [1.807, 2.05) is 29.9 Å². The molecule has 104 valence electrons. The molecular weight excluding hydrogens is 268 g/mol. The van der Waals surface area contributed by atoms with Gasteiger partial charge in [-0.1, -0.05) is 24.8 Å². The van der Waals surface area contributed by atoms with Crippen molar-refractivity contribution in [1.29, 1.82) is 5.26 Å². The van der Waals surface area contributed by atoms with Gasteiger partial charge in [0.05, 0.1) is 5.56 Å². The van der Waals surface area contributed by atoms with Crippen LogP contribution in [0.4, 0.5) is 0 Å². The number of nitrogens with zero attached hydrogens (tertiary/aromatic N) is 3. The molecule has 1 N–H and O–H groups in total. The second-order valence-electron chi connectivity index (χ2n) is 4.54. The van der Waals surface area contributed by atoms with Gasteiger partial charge in [-0.3, -0.25) is 0 Å². The van der Waals surface area contributed by atoms with E-state index >= 15 is 0 Å². The maximum atomic E-state index is 9.30. The number of aryl methyl sites for hydroxylation is 1. The number of imidazole rings is 1. The van der Waals surface area contributed by atoms with Gasteiger partial charge < -0.3 is 9.88 Å². The van der Waals surface area contributed by atoms with Crippen LogP contribution in [0, 0.1) is 11.3 Å². The molecule has 1 aromatic carbocycles. The van der Waals surface area contributed by atoms with E-state index in [1.54, 1.807) is 6.20 Å². The Bertz CT molecular complexity index is 613. The van der Waals surface area contributed by atoms with Crippen molar-refractivity contribution in [3.63, 3.8) is 0 Å². The summed E-state index contributed by atoms with van der Waals surface area (Å²) < 4.78 is 1.95. The lowest BCUT2D eigenvalue weighted by molar-refractivity contribution is 0.675. The number of benzene rings is 1. The molecule has 0 saturated carbocycles. The van der Waals surface area contributed by atoms with E-state index in [0.717, 1.165) is 35.1 Å². The molecule has 0 aliphatic rings. The SMILES string of the molecule is CCCNCc1ccc(Sc2nccn2C)c(C#N)c1. The zero-order valence-electron chi connectivity index (χ0n) is 11.8. The van der Waals surface area contributed by atoms with Gasteiger partial charge in [0.25, 0.3) is 0 Å². The molecule has 0 aliphatic carbocycles. The fraction of sp³-hybridized carbons (Fsp3) is 0.333. The maximum Gasteiger partial charge on any atom is 0.172 e. The fourth-order valence-corrected chi connectivity index (χ4v) is 2.69. The van der Waals surface area contributed by atoms with E-state index in [1.165, 1.54) is 11.8 Å². The van der Waals surface area contributed by atoms with Crippen LogP contribution in [0.15, 0.2) is 40.6 Å². The fourth-order valence-electron chi connectivity index (χ4n) is 1.82. The summed E-state index contributed by atoms with van der Waals surface area (Å²) in [6.45, 7) is 3.93. The Hall–Kier alpha value is -1.77. The molecule has 2 aromatic rings. The van der Waals surface area contributed by atoms with Crippen LogP contribution in [0.25, 0.3) is 0 Å². The molecule has 0 unspecified atom stereocenters. The Kier molecular flexibility index (Phi) is 5.22. The van der Waals surface area contributed by atoms with Crippen molar-refractivity contribution in [2.75, 3.05) is 6.54 Å². The Labute approximate surface area is 123 Å². The summed E-state index contributed by atoms with van der Waals surface area (Å²) in [7, 11) is 1.95. The molecule has 4 nitrogen and oxygen atoms in total. The highest BCUT2D eigenvalue weighted by atomic mass is 32.2. The van der Waals surface area contributed by atoms with Crippen LogP contribution in [-0.4, -0.2) is 16.1 Å². The third-order valence-electron chi connectivity index (χ3n) is 2.90. The Morgan fingerprint density at radius 1 is 1.45 bits per heavy atom. The van der Waals surface area contributed by atoms with Gasteiger partial charge >= 0.3 is 0 Å². The first-order valence-electron chi connectivity index (χ1n) is 6.63. The Morgan fingerprint density at radius 3 is 2.95 bits per heavy atom. The number of hydrogen-bond acceptors (Lipinski definition) is 4. The quantitative estimate of drug-likeness (QED) is 0.830. The van der Waals surface area contributed by atoms with E-state index < -0.39 is 0 Å². The average Bonchev–Trinajstić information content (AvgIpc) is 2.86. The van der Waals surface area contributed by atoms with Gasteiger partial charge in [0.15, 0.2) is 5.16 Å². The summed E-state index contributed by atoms with van der Waals surface area (Å²) in [6, 6.07) is 8.29. The molecule has 0 bridgehead atoms. The van der Waals surface area contributed by atoms with Crippen molar-refractivity contribution in [2.24, 2.45) is 7.05 Å². The van der Waals surface area contributed by atoms with Gasteiger partial charge in [0.1, 0.15) is 6.07 Å². The predicted octanol–water partition coefficient (Wildman–Crippen LogP) is 2.94. The molecular formula is C15H18N4S. The van der Waals surface area contributed by atoms with Crippen LogP contribution in [0.2, 0.25) is 0 Å². The van der Waals surface area contributed by atoms with Gasteiger partial charge in [-0.05, 0) is 30.7 Å². The van der Waals surface area contributed by atoms with E-state index in [2.05, 4.69) is 29.4 Å². The smallest absolute Gasteiger partial charge is 0.172 e. The lowest BCUT2D eigenvalue weighted by Crippen LogP contribution is -2.13. The molecule has 0 fully saturated rings. The van der Waals surface area contributed by atoms with Crippen LogP contribution < -0.4 is 5.32 Å². The van der Waals surface area contributed by atoms with E-state index in [9.17, 15) is 5.26 Å². The minimum atomic E-state index is 0.703. The summed E-state index contributed by atoms with van der Waals surface area (Å²) in [4.78, 5) is 5.22. The second-order valence-corrected chi connectivity index (χ2v) is 5.55. The van der Waals surface area contributed by atoms with Crippen molar-refractivity contribution in [3.05, 3.63) is 41.7 Å². The number of aromatic nitrogens is 2. The molecule has 2 rings (SSSR count). The average molecular weight is 286 g/mol. The lowest BCUT2D eigenvalue weighted by Gasteiger charge is -2.07. The first kappa shape index (κ1) is 14.6. The molecule has 20 heavy (non-hydrogen) atoms. The van der Waals surface area contributed by atoms with Gasteiger partial charge in [-0.15, -0.1) is 0 Å². The normalized spacial score (nSPS) is 10.4. The lowest BCUT2D eigenvalue weighted by atomic mass is 10.1. The van der Waals surface area contributed by atoms with Crippen LogP contribution in [0.5, 0.6) is 0 Å². The van der Waals surface area contributed by atoms with E-state index in [-0.39, 0.29) is 0 Å². The van der Waals surface area contributed by atoms with Crippen molar-refractivity contribution >= 4 is 11.8 Å². The standard InChI is InChI=1S/C15H18N4S/c1-3-6-17-11-12-4-5-14(13(9-12)10-16)20-15-18-7-8-19(15)2/h4-5,7-9,17H,3,6,11H2,1-2H3. The van der Waals surface area contributed by atoms with Gasteiger partial charge in [-0.25, -0.2) is 4.98 Å². The van der Waals surface area contributed by atoms with Crippen molar-refractivity contribution in [3.8, 4) is 6.07 Å².